The van der Waals surface area contributed by atoms with Crippen LogP contribution < -0.4 is 15.8 Å². The summed E-state index contributed by atoms with van der Waals surface area (Å²) in [6.07, 6.45) is -2.82. The van der Waals surface area contributed by atoms with Gasteiger partial charge in [-0.05, 0) is 25.0 Å². The molecule has 0 radical (unpaired) electrons. The topological polar surface area (TPSA) is 106 Å². The van der Waals surface area contributed by atoms with Crippen LogP contribution in [0.25, 0.3) is 0 Å². The Morgan fingerprint density at radius 1 is 1.39 bits per heavy atom. The number of rotatable bonds is 5. The van der Waals surface area contributed by atoms with Gasteiger partial charge in [-0.1, -0.05) is 0 Å². The predicted molar refractivity (Wildman–Crippen MR) is 99.0 cm³/mol. The van der Waals surface area contributed by atoms with Crippen molar-refractivity contribution in [2.45, 2.75) is 38.1 Å². The van der Waals surface area contributed by atoms with Crippen molar-refractivity contribution in [3.8, 4) is 5.75 Å². The number of carbonyl (C=O) groups excluding carboxylic acids is 1. The number of alkyl halides is 5. The van der Waals surface area contributed by atoms with Gasteiger partial charge in [0, 0.05) is 37.5 Å². The molecular formula is C18H19F5N6O2. The fraction of sp³-hybridized carbons (Fsp3) is 0.444. The van der Waals surface area contributed by atoms with Crippen molar-refractivity contribution in [1.82, 2.24) is 19.9 Å². The largest absolute Gasteiger partial charge is 0.573 e. The smallest absolute Gasteiger partial charge is 0.406 e. The molecule has 3 N–H and O–H groups in total. The van der Waals surface area contributed by atoms with Gasteiger partial charge in [0.05, 0.1) is 6.54 Å². The molecule has 1 aliphatic rings. The number of hydrogen-bond acceptors (Lipinski definition) is 7. The second-order valence-corrected chi connectivity index (χ2v) is 6.99. The Morgan fingerprint density at radius 2 is 2.13 bits per heavy atom. The number of nitrogens with one attached hydrogen (secondary N) is 1. The molecule has 0 saturated carbocycles. The van der Waals surface area contributed by atoms with E-state index in [4.69, 9.17) is 5.73 Å². The van der Waals surface area contributed by atoms with Crippen LogP contribution >= 0.6 is 0 Å². The number of ether oxygens (including phenoxy) is 1. The lowest BCUT2D eigenvalue weighted by Gasteiger charge is -2.39. The van der Waals surface area contributed by atoms with Crippen LogP contribution in [-0.2, 0) is 0 Å². The number of aryl methyl sites for hydroxylation is 1. The molecule has 0 aliphatic carbocycles. The van der Waals surface area contributed by atoms with Crippen molar-refractivity contribution < 1.29 is 31.5 Å². The summed E-state index contributed by atoms with van der Waals surface area (Å²) in [5, 5.41) is 2.57. The average Bonchev–Trinajstić information content (AvgIpc) is 2.67. The standard InChI is InChI=1S/C18H19F5N6O2/c1-10-8-26-16(27-13-6-12(3-5-25-13)31-18(21,22)23)28-14(10)15(30)29-9-17(19,20)4-2-11(29)7-24/h3,5-6,8,11H,2,4,7,9,24H2,1H3,(H,25,26,27,28). The summed E-state index contributed by atoms with van der Waals surface area (Å²) in [4.78, 5) is 25.8. The van der Waals surface area contributed by atoms with Gasteiger partial charge in [-0.15, -0.1) is 13.2 Å². The molecule has 3 heterocycles. The number of likely N-dealkylation sites (tertiary alicyclic amines) is 1. The van der Waals surface area contributed by atoms with Crippen molar-refractivity contribution in [2.24, 2.45) is 5.73 Å². The van der Waals surface area contributed by atoms with E-state index in [9.17, 15) is 26.7 Å². The van der Waals surface area contributed by atoms with Crippen LogP contribution in [0.3, 0.4) is 0 Å². The van der Waals surface area contributed by atoms with Gasteiger partial charge in [0.1, 0.15) is 17.3 Å². The molecule has 0 spiro atoms. The predicted octanol–water partition coefficient (Wildman–Crippen LogP) is 3.02. The SMILES string of the molecule is Cc1cnc(Nc2cc(OC(F)(F)F)ccn2)nc1C(=O)N1CC(F)(F)CCC1CN. The Morgan fingerprint density at radius 3 is 2.81 bits per heavy atom. The van der Waals surface area contributed by atoms with E-state index in [0.29, 0.717) is 5.56 Å². The van der Waals surface area contributed by atoms with E-state index >= 15 is 0 Å². The number of anilines is 2. The quantitative estimate of drug-likeness (QED) is 0.680. The summed E-state index contributed by atoms with van der Waals surface area (Å²) < 4.78 is 68.7. The summed E-state index contributed by atoms with van der Waals surface area (Å²) in [6, 6.07) is 1.41. The zero-order chi connectivity index (χ0) is 22.8. The van der Waals surface area contributed by atoms with Gasteiger partial charge in [-0.3, -0.25) is 4.79 Å². The molecule has 168 valence electrons. The van der Waals surface area contributed by atoms with Gasteiger partial charge in [0.25, 0.3) is 11.8 Å². The maximum Gasteiger partial charge on any atom is 0.573 e. The first-order chi connectivity index (χ1) is 14.5. The number of halogens is 5. The van der Waals surface area contributed by atoms with E-state index in [1.54, 1.807) is 0 Å². The second-order valence-electron chi connectivity index (χ2n) is 6.99. The molecule has 0 bridgehead atoms. The lowest BCUT2D eigenvalue weighted by atomic mass is 9.98. The number of nitrogens with zero attached hydrogens (tertiary/aromatic N) is 4. The van der Waals surface area contributed by atoms with Crippen molar-refractivity contribution in [3.05, 3.63) is 35.8 Å². The second kappa shape index (κ2) is 8.57. The monoisotopic (exact) mass is 446 g/mol. The third-order valence-corrected chi connectivity index (χ3v) is 4.60. The molecule has 0 aromatic carbocycles. The van der Waals surface area contributed by atoms with E-state index in [1.165, 1.54) is 13.1 Å². The fourth-order valence-corrected chi connectivity index (χ4v) is 3.12. The minimum absolute atomic E-state index is 0.0208. The molecule has 1 unspecified atom stereocenters. The van der Waals surface area contributed by atoms with E-state index in [-0.39, 0.29) is 36.8 Å². The van der Waals surface area contributed by atoms with Gasteiger partial charge in [0.15, 0.2) is 0 Å². The normalized spacial score (nSPS) is 18.5. The Kier molecular flexibility index (Phi) is 6.25. The van der Waals surface area contributed by atoms with Gasteiger partial charge in [-0.25, -0.2) is 23.7 Å². The van der Waals surface area contributed by atoms with Gasteiger partial charge in [0.2, 0.25) is 5.95 Å². The van der Waals surface area contributed by atoms with Crippen molar-refractivity contribution >= 4 is 17.7 Å². The third-order valence-electron chi connectivity index (χ3n) is 4.60. The summed E-state index contributed by atoms with van der Waals surface area (Å²) in [5.74, 6) is -4.52. The van der Waals surface area contributed by atoms with Crippen LogP contribution in [0.4, 0.5) is 33.7 Å². The lowest BCUT2D eigenvalue weighted by molar-refractivity contribution is -0.274. The molecule has 2 aromatic heterocycles. The Labute approximate surface area is 173 Å². The highest BCUT2D eigenvalue weighted by Crippen LogP contribution is 2.31. The molecule has 8 nitrogen and oxygen atoms in total. The first kappa shape index (κ1) is 22.6. The number of hydrogen-bond donors (Lipinski definition) is 2. The number of carbonyl (C=O) groups is 1. The highest BCUT2D eigenvalue weighted by molar-refractivity contribution is 5.94. The zero-order valence-electron chi connectivity index (χ0n) is 16.3. The molecular weight excluding hydrogens is 427 g/mol. The molecule has 1 fully saturated rings. The van der Waals surface area contributed by atoms with Crippen LogP contribution in [0.2, 0.25) is 0 Å². The Bertz CT molecular complexity index is 955. The van der Waals surface area contributed by atoms with Crippen molar-refractivity contribution in [3.63, 3.8) is 0 Å². The van der Waals surface area contributed by atoms with Gasteiger partial charge >= 0.3 is 6.36 Å². The molecule has 13 heteroatoms. The molecule has 1 atom stereocenters. The van der Waals surface area contributed by atoms with Crippen molar-refractivity contribution in [1.29, 1.82) is 0 Å². The summed E-state index contributed by atoms with van der Waals surface area (Å²) in [7, 11) is 0. The Hall–Kier alpha value is -3.09. The maximum absolute atomic E-state index is 13.9. The lowest BCUT2D eigenvalue weighted by Crippen LogP contribution is -2.54. The molecule has 2 aromatic rings. The van der Waals surface area contributed by atoms with Crippen LogP contribution in [0.5, 0.6) is 5.75 Å². The maximum atomic E-state index is 13.9. The minimum atomic E-state index is -4.88. The van der Waals surface area contributed by atoms with Crippen LogP contribution in [0.15, 0.2) is 24.5 Å². The zero-order valence-corrected chi connectivity index (χ0v) is 16.3. The number of aromatic nitrogens is 3. The molecule has 1 saturated heterocycles. The van der Waals surface area contributed by atoms with Crippen molar-refractivity contribution in [2.75, 3.05) is 18.4 Å². The van der Waals surface area contributed by atoms with Gasteiger partial charge < -0.3 is 20.7 Å². The van der Waals surface area contributed by atoms with Crippen LogP contribution in [0.1, 0.15) is 28.9 Å². The van der Waals surface area contributed by atoms with E-state index < -0.39 is 36.5 Å². The van der Waals surface area contributed by atoms with E-state index in [0.717, 1.165) is 23.2 Å². The molecule has 1 aliphatic heterocycles. The number of amides is 1. The summed E-state index contributed by atoms with van der Waals surface area (Å²) in [5.41, 5.74) is 5.85. The van der Waals surface area contributed by atoms with Crippen LogP contribution in [0, 0.1) is 6.92 Å². The first-order valence-corrected chi connectivity index (χ1v) is 9.19. The molecule has 3 rings (SSSR count). The van der Waals surface area contributed by atoms with Gasteiger partial charge in [-0.2, -0.15) is 0 Å². The van der Waals surface area contributed by atoms with Crippen LogP contribution in [-0.4, -0.2) is 57.2 Å². The number of nitrogens with two attached hydrogens (primary N) is 1. The summed E-state index contributed by atoms with van der Waals surface area (Å²) in [6.45, 7) is 0.776. The first-order valence-electron chi connectivity index (χ1n) is 9.19. The van der Waals surface area contributed by atoms with E-state index in [1.807, 2.05) is 0 Å². The minimum Gasteiger partial charge on any atom is -0.406 e. The number of piperidine rings is 1. The molecule has 31 heavy (non-hydrogen) atoms. The Balaban J connectivity index is 1.83. The third kappa shape index (κ3) is 5.75. The van der Waals surface area contributed by atoms with E-state index in [2.05, 4.69) is 25.0 Å². The summed E-state index contributed by atoms with van der Waals surface area (Å²) >= 11 is 0. The number of pyridine rings is 1. The fourth-order valence-electron chi connectivity index (χ4n) is 3.12. The highest BCUT2D eigenvalue weighted by atomic mass is 19.4. The highest BCUT2D eigenvalue weighted by Gasteiger charge is 2.42. The molecule has 1 amide bonds. The average molecular weight is 446 g/mol.